The van der Waals surface area contributed by atoms with E-state index >= 15 is 0 Å². The lowest BCUT2D eigenvalue weighted by molar-refractivity contribution is -0.123. The molecule has 0 N–H and O–H groups in total. The minimum atomic E-state index is -0.934. The molecular formula is C6H10FNO. The number of likely N-dealkylation sites (N-methyl/N-ethyl adjacent to an activating group) is 1. The Bertz CT molecular complexity index is 114. The van der Waals surface area contributed by atoms with Crippen LogP contribution in [-0.2, 0) is 4.79 Å². The number of carbonyl (C=O) groups excluding carboxylic acids is 1. The van der Waals surface area contributed by atoms with Gasteiger partial charge < -0.3 is 0 Å². The van der Waals surface area contributed by atoms with E-state index in [1.165, 1.54) is 0 Å². The van der Waals surface area contributed by atoms with Crippen molar-refractivity contribution in [3.8, 4) is 0 Å². The molecule has 0 spiro atoms. The summed E-state index contributed by atoms with van der Waals surface area (Å²) in [5.41, 5.74) is 0. The molecule has 52 valence electrons. The summed E-state index contributed by atoms with van der Waals surface area (Å²) in [7, 11) is 1.75. The predicted molar refractivity (Wildman–Crippen MR) is 32.0 cm³/mol. The molecule has 1 aliphatic heterocycles. The van der Waals surface area contributed by atoms with Crippen LogP contribution >= 0.6 is 0 Å². The van der Waals surface area contributed by atoms with Gasteiger partial charge in [0.15, 0.2) is 0 Å². The molecule has 1 saturated heterocycles. The Kier molecular flexibility index (Phi) is 1.81. The Balaban J connectivity index is 2.43. The molecule has 0 saturated carbocycles. The number of ketones is 1. The highest BCUT2D eigenvalue weighted by molar-refractivity contribution is 5.81. The molecule has 1 rings (SSSR count). The second kappa shape index (κ2) is 2.43. The van der Waals surface area contributed by atoms with Gasteiger partial charge in [0.25, 0.3) is 0 Å². The van der Waals surface area contributed by atoms with Crippen molar-refractivity contribution < 1.29 is 9.18 Å². The van der Waals surface area contributed by atoms with Crippen LogP contribution in [-0.4, -0.2) is 37.0 Å². The van der Waals surface area contributed by atoms with Gasteiger partial charge in [-0.25, -0.2) is 4.39 Å². The molecule has 0 bridgehead atoms. The SMILES string of the molecule is CN1CC(=O)CC(F)C1. The quantitative estimate of drug-likeness (QED) is 0.469. The average Bonchev–Trinajstić information content (AvgIpc) is 1.59. The first kappa shape index (κ1) is 6.68. The Morgan fingerprint density at radius 3 is 2.89 bits per heavy atom. The van der Waals surface area contributed by atoms with Crippen molar-refractivity contribution in [1.29, 1.82) is 0 Å². The second-order valence-electron chi connectivity index (χ2n) is 2.54. The summed E-state index contributed by atoms with van der Waals surface area (Å²) in [6.07, 6.45) is -0.819. The Morgan fingerprint density at radius 2 is 2.44 bits per heavy atom. The van der Waals surface area contributed by atoms with Gasteiger partial charge >= 0.3 is 0 Å². The van der Waals surface area contributed by atoms with Crippen LogP contribution in [0.2, 0.25) is 0 Å². The molecule has 1 unspecified atom stereocenters. The number of halogens is 1. The van der Waals surface area contributed by atoms with Gasteiger partial charge in [0, 0.05) is 13.0 Å². The van der Waals surface area contributed by atoms with E-state index in [1.807, 2.05) is 0 Å². The molecule has 2 nitrogen and oxygen atoms in total. The standard InChI is InChI=1S/C6H10FNO/c1-8-3-5(7)2-6(9)4-8/h5H,2-4H2,1H3. The fourth-order valence-electron chi connectivity index (χ4n) is 1.08. The number of Topliss-reactive ketones (excluding diaryl/α,β-unsaturated/α-hetero) is 1. The number of likely N-dealkylation sites (tertiary alicyclic amines) is 1. The predicted octanol–water partition coefficient (Wildman–Crippen LogP) is 0.229. The number of nitrogens with zero attached hydrogens (tertiary/aromatic N) is 1. The number of rotatable bonds is 0. The van der Waals surface area contributed by atoms with E-state index in [4.69, 9.17) is 0 Å². The van der Waals surface area contributed by atoms with Crippen molar-refractivity contribution >= 4 is 5.78 Å². The molecule has 0 aromatic carbocycles. The van der Waals surface area contributed by atoms with E-state index in [1.54, 1.807) is 11.9 Å². The smallest absolute Gasteiger partial charge is 0.149 e. The molecule has 0 radical (unpaired) electrons. The van der Waals surface area contributed by atoms with Crippen LogP contribution in [0.25, 0.3) is 0 Å². The normalized spacial score (nSPS) is 30.9. The van der Waals surface area contributed by atoms with Crippen molar-refractivity contribution in [3.05, 3.63) is 0 Å². The number of carbonyl (C=O) groups is 1. The molecular weight excluding hydrogens is 121 g/mol. The van der Waals surface area contributed by atoms with Gasteiger partial charge in [0.2, 0.25) is 0 Å². The van der Waals surface area contributed by atoms with Crippen molar-refractivity contribution in [1.82, 2.24) is 4.90 Å². The van der Waals surface area contributed by atoms with Crippen molar-refractivity contribution in [2.75, 3.05) is 20.1 Å². The zero-order valence-electron chi connectivity index (χ0n) is 5.43. The van der Waals surface area contributed by atoms with Crippen molar-refractivity contribution in [2.45, 2.75) is 12.6 Å². The van der Waals surface area contributed by atoms with Crippen LogP contribution in [0.4, 0.5) is 4.39 Å². The van der Waals surface area contributed by atoms with Gasteiger partial charge in [-0.3, -0.25) is 9.69 Å². The van der Waals surface area contributed by atoms with Gasteiger partial charge in [-0.2, -0.15) is 0 Å². The third kappa shape index (κ3) is 1.75. The van der Waals surface area contributed by atoms with Gasteiger partial charge in [-0.05, 0) is 7.05 Å². The van der Waals surface area contributed by atoms with Crippen LogP contribution in [0.1, 0.15) is 6.42 Å². The molecule has 0 aromatic heterocycles. The van der Waals surface area contributed by atoms with E-state index in [2.05, 4.69) is 0 Å². The summed E-state index contributed by atoms with van der Waals surface area (Å²) in [4.78, 5) is 12.3. The highest BCUT2D eigenvalue weighted by atomic mass is 19.1. The lowest BCUT2D eigenvalue weighted by Gasteiger charge is -2.23. The number of piperidine rings is 1. The molecule has 0 aliphatic carbocycles. The van der Waals surface area contributed by atoms with Gasteiger partial charge in [0.05, 0.1) is 6.54 Å². The summed E-state index contributed by atoms with van der Waals surface area (Å²) >= 11 is 0. The second-order valence-corrected chi connectivity index (χ2v) is 2.54. The molecule has 9 heavy (non-hydrogen) atoms. The third-order valence-electron chi connectivity index (χ3n) is 1.41. The van der Waals surface area contributed by atoms with Gasteiger partial charge in [0.1, 0.15) is 12.0 Å². The number of alkyl halides is 1. The molecule has 3 heteroatoms. The first-order chi connectivity index (χ1) is 4.18. The van der Waals surface area contributed by atoms with Crippen LogP contribution in [0.3, 0.4) is 0 Å². The minimum Gasteiger partial charge on any atom is -0.298 e. The summed E-state index contributed by atoms with van der Waals surface area (Å²) in [5.74, 6) is 0.0104. The Hall–Kier alpha value is -0.440. The van der Waals surface area contributed by atoms with Crippen LogP contribution in [0, 0.1) is 0 Å². The fourth-order valence-corrected chi connectivity index (χ4v) is 1.08. The fraction of sp³-hybridized carbons (Fsp3) is 0.833. The maximum atomic E-state index is 12.4. The maximum absolute atomic E-state index is 12.4. The third-order valence-corrected chi connectivity index (χ3v) is 1.41. The van der Waals surface area contributed by atoms with Crippen LogP contribution in [0.5, 0.6) is 0 Å². The topological polar surface area (TPSA) is 20.3 Å². The van der Waals surface area contributed by atoms with E-state index in [0.717, 1.165) is 0 Å². The Labute approximate surface area is 53.6 Å². The molecule has 1 heterocycles. The zero-order chi connectivity index (χ0) is 6.85. The van der Waals surface area contributed by atoms with Crippen LogP contribution in [0.15, 0.2) is 0 Å². The summed E-state index contributed by atoms with van der Waals surface area (Å²) in [6, 6.07) is 0. The largest absolute Gasteiger partial charge is 0.298 e. The Morgan fingerprint density at radius 1 is 1.78 bits per heavy atom. The van der Waals surface area contributed by atoms with Gasteiger partial charge in [-0.15, -0.1) is 0 Å². The lowest BCUT2D eigenvalue weighted by atomic mass is 10.1. The summed E-state index contributed by atoms with van der Waals surface area (Å²) in [5, 5.41) is 0. The van der Waals surface area contributed by atoms with Crippen molar-refractivity contribution in [3.63, 3.8) is 0 Å². The van der Waals surface area contributed by atoms with E-state index in [0.29, 0.717) is 13.1 Å². The molecule has 1 atom stereocenters. The monoisotopic (exact) mass is 131 g/mol. The van der Waals surface area contributed by atoms with E-state index in [9.17, 15) is 9.18 Å². The van der Waals surface area contributed by atoms with Crippen LogP contribution < -0.4 is 0 Å². The zero-order valence-corrected chi connectivity index (χ0v) is 5.43. The number of hydrogen-bond donors (Lipinski definition) is 0. The molecule has 0 amide bonds. The van der Waals surface area contributed by atoms with E-state index < -0.39 is 6.17 Å². The van der Waals surface area contributed by atoms with E-state index in [-0.39, 0.29) is 12.2 Å². The minimum absolute atomic E-state index is 0.0104. The highest BCUT2D eigenvalue weighted by Crippen LogP contribution is 2.07. The maximum Gasteiger partial charge on any atom is 0.149 e. The molecule has 1 aliphatic rings. The molecule has 0 aromatic rings. The average molecular weight is 131 g/mol. The number of hydrogen-bond acceptors (Lipinski definition) is 2. The van der Waals surface area contributed by atoms with Gasteiger partial charge in [-0.1, -0.05) is 0 Å². The summed E-state index contributed by atoms with van der Waals surface area (Å²) < 4.78 is 12.4. The lowest BCUT2D eigenvalue weighted by Crippen LogP contribution is -2.39. The first-order valence-electron chi connectivity index (χ1n) is 3.03. The summed E-state index contributed by atoms with van der Waals surface area (Å²) in [6.45, 7) is 0.826. The van der Waals surface area contributed by atoms with Crippen molar-refractivity contribution in [2.24, 2.45) is 0 Å². The highest BCUT2D eigenvalue weighted by Gasteiger charge is 2.21. The first-order valence-corrected chi connectivity index (χ1v) is 3.03. The molecule has 1 fully saturated rings.